The van der Waals surface area contributed by atoms with Gasteiger partial charge in [-0.05, 0) is 36.8 Å². The second-order valence-electron chi connectivity index (χ2n) is 4.35. The first-order chi connectivity index (χ1) is 10.6. The summed E-state index contributed by atoms with van der Waals surface area (Å²) in [5.74, 6) is 0.396. The van der Waals surface area contributed by atoms with Crippen LogP contribution >= 0.6 is 0 Å². The SMILES string of the molecule is Cc1ccc(NC(=O)OF)cc1NC(=O)Oc1ccccc1. The van der Waals surface area contributed by atoms with Gasteiger partial charge < -0.3 is 4.74 Å². The van der Waals surface area contributed by atoms with Crippen molar-refractivity contribution in [1.82, 2.24) is 0 Å². The number of ether oxygens (including phenoxy) is 1. The lowest BCUT2D eigenvalue weighted by Crippen LogP contribution is -2.17. The predicted octanol–water partition coefficient (Wildman–Crippen LogP) is 4.04. The van der Waals surface area contributed by atoms with Crippen molar-refractivity contribution >= 4 is 23.6 Å². The van der Waals surface area contributed by atoms with Crippen LogP contribution in [-0.4, -0.2) is 12.2 Å². The minimum Gasteiger partial charge on any atom is -0.410 e. The highest BCUT2D eigenvalue weighted by Gasteiger charge is 2.09. The molecule has 2 aromatic rings. The van der Waals surface area contributed by atoms with Crippen molar-refractivity contribution < 1.29 is 23.8 Å². The summed E-state index contributed by atoms with van der Waals surface area (Å²) >= 11 is 0. The number of hydrogen-bond acceptors (Lipinski definition) is 4. The fourth-order valence-electron chi connectivity index (χ4n) is 1.70. The van der Waals surface area contributed by atoms with Crippen molar-refractivity contribution in [2.75, 3.05) is 10.6 Å². The average molecular weight is 304 g/mol. The number of anilines is 2. The molecule has 0 aliphatic rings. The molecule has 0 radical (unpaired) electrons. The van der Waals surface area contributed by atoms with Crippen LogP contribution < -0.4 is 15.4 Å². The first-order valence-electron chi connectivity index (χ1n) is 6.32. The minimum absolute atomic E-state index is 0.267. The zero-order chi connectivity index (χ0) is 15.9. The molecule has 7 heteroatoms. The van der Waals surface area contributed by atoms with Crippen molar-refractivity contribution in [3.63, 3.8) is 0 Å². The number of aryl methyl sites for hydroxylation is 1. The lowest BCUT2D eigenvalue weighted by Gasteiger charge is -2.11. The van der Waals surface area contributed by atoms with Crippen LogP contribution in [0.15, 0.2) is 48.5 Å². The second kappa shape index (κ2) is 7.07. The van der Waals surface area contributed by atoms with E-state index in [0.717, 1.165) is 5.56 Å². The molecule has 0 spiro atoms. The number of nitrogens with one attached hydrogen (secondary N) is 2. The molecule has 0 aromatic heterocycles. The summed E-state index contributed by atoms with van der Waals surface area (Å²) in [5.41, 5.74) is 1.42. The summed E-state index contributed by atoms with van der Waals surface area (Å²) in [6.45, 7) is 1.76. The summed E-state index contributed by atoms with van der Waals surface area (Å²) in [7, 11) is 0. The Morgan fingerprint density at radius 3 is 2.41 bits per heavy atom. The van der Waals surface area contributed by atoms with Gasteiger partial charge in [0.2, 0.25) is 0 Å². The molecule has 2 rings (SSSR count). The maximum atomic E-state index is 11.8. The number of para-hydroxylation sites is 1. The van der Waals surface area contributed by atoms with Crippen molar-refractivity contribution in [3.05, 3.63) is 54.1 Å². The standard InChI is InChI=1S/C15H13FN2O4/c1-10-7-8-11(17-15(20)22-16)9-13(10)18-14(19)21-12-5-3-2-4-6-12/h2-9H,1H3,(H,17,20)(H,18,19). The Kier molecular flexibility index (Phi) is 4.92. The number of benzene rings is 2. The van der Waals surface area contributed by atoms with Crippen LogP contribution in [0.25, 0.3) is 0 Å². The summed E-state index contributed by atoms with van der Waals surface area (Å²) in [6.07, 6.45) is -1.93. The van der Waals surface area contributed by atoms with Crippen LogP contribution in [0.1, 0.15) is 5.56 Å². The van der Waals surface area contributed by atoms with Crippen molar-refractivity contribution in [2.24, 2.45) is 0 Å². The largest absolute Gasteiger partial charge is 0.449 e. The van der Waals surface area contributed by atoms with E-state index < -0.39 is 12.2 Å². The number of hydrogen-bond donors (Lipinski definition) is 2. The van der Waals surface area contributed by atoms with Crippen molar-refractivity contribution in [3.8, 4) is 5.75 Å². The highest BCUT2D eigenvalue weighted by molar-refractivity contribution is 5.90. The molecule has 0 heterocycles. The van der Waals surface area contributed by atoms with Crippen LogP contribution in [-0.2, 0) is 4.94 Å². The zero-order valence-electron chi connectivity index (χ0n) is 11.6. The molecule has 0 unspecified atom stereocenters. The molecule has 6 nitrogen and oxygen atoms in total. The van der Waals surface area contributed by atoms with Crippen LogP contribution in [0.4, 0.5) is 25.5 Å². The fourth-order valence-corrected chi connectivity index (χ4v) is 1.70. The number of carbonyl (C=O) groups is 2. The van der Waals surface area contributed by atoms with Crippen molar-refractivity contribution in [2.45, 2.75) is 6.92 Å². The lowest BCUT2D eigenvalue weighted by atomic mass is 10.2. The molecule has 0 saturated heterocycles. The van der Waals surface area contributed by atoms with Gasteiger partial charge in [-0.15, -0.1) is 0 Å². The number of halogens is 1. The molecule has 114 valence electrons. The first kappa shape index (κ1) is 15.3. The summed E-state index contributed by atoms with van der Waals surface area (Å²) in [6, 6.07) is 13.2. The van der Waals surface area contributed by atoms with Crippen LogP contribution in [0.2, 0.25) is 0 Å². The van der Waals surface area contributed by atoms with Crippen LogP contribution in [0, 0.1) is 6.92 Å². The van der Waals surface area contributed by atoms with Gasteiger partial charge in [-0.25, -0.2) is 14.5 Å². The Morgan fingerprint density at radius 2 is 1.73 bits per heavy atom. The van der Waals surface area contributed by atoms with Gasteiger partial charge in [0.1, 0.15) is 5.75 Å². The molecule has 0 atom stereocenters. The van der Waals surface area contributed by atoms with E-state index in [1.54, 1.807) is 49.4 Å². The van der Waals surface area contributed by atoms with E-state index in [1.807, 2.05) is 0 Å². The van der Waals surface area contributed by atoms with Gasteiger partial charge in [0.15, 0.2) is 0 Å². The van der Waals surface area contributed by atoms with Crippen LogP contribution in [0.3, 0.4) is 0 Å². The fraction of sp³-hybridized carbons (Fsp3) is 0.0667. The van der Waals surface area contributed by atoms with E-state index in [-0.39, 0.29) is 5.69 Å². The molecular formula is C15H13FN2O4. The highest BCUT2D eigenvalue weighted by atomic mass is 19.3. The Labute approximate surface area is 125 Å². The smallest absolute Gasteiger partial charge is 0.410 e. The summed E-state index contributed by atoms with van der Waals surface area (Å²) in [4.78, 5) is 25.7. The number of rotatable bonds is 3. The van der Waals surface area contributed by atoms with Gasteiger partial charge in [-0.1, -0.05) is 24.3 Å². The van der Waals surface area contributed by atoms with E-state index in [4.69, 9.17) is 4.74 Å². The first-order valence-corrected chi connectivity index (χ1v) is 6.32. The van der Waals surface area contributed by atoms with Crippen LogP contribution in [0.5, 0.6) is 5.75 Å². The molecule has 0 aliphatic carbocycles. The van der Waals surface area contributed by atoms with E-state index in [9.17, 15) is 14.1 Å². The van der Waals surface area contributed by atoms with Gasteiger partial charge in [0.05, 0.1) is 0 Å². The average Bonchev–Trinajstić information content (AvgIpc) is 2.51. The molecule has 0 fully saturated rings. The number of carbonyl (C=O) groups excluding carboxylic acids is 2. The molecular weight excluding hydrogens is 291 g/mol. The van der Waals surface area contributed by atoms with Gasteiger partial charge >= 0.3 is 12.2 Å². The monoisotopic (exact) mass is 304 g/mol. The maximum absolute atomic E-state index is 11.8. The van der Waals surface area contributed by atoms with Gasteiger partial charge in [-0.3, -0.25) is 10.6 Å². The molecule has 2 N–H and O–H groups in total. The normalized spacial score (nSPS) is 9.73. The molecule has 0 bridgehead atoms. The highest BCUT2D eigenvalue weighted by Crippen LogP contribution is 2.21. The maximum Gasteiger partial charge on any atom is 0.449 e. The third kappa shape index (κ3) is 4.20. The molecule has 2 amide bonds. The molecule has 0 saturated carbocycles. The number of amides is 2. The Morgan fingerprint density at radius 1 is 1.00 bits per heavy atom. The lowest BCUT2D eigenvalue weighted by molar-refractivity contribution is -0.0544. The van der Waals surface area contributed by atoms with E-state index in [0.29, 0.717) is 11.4 Å². The molecule has 22 heavy (non-hydrogen) atoms. The Bertz CT molecular complexity index is 676. The topological polar surface area (TPSA) is 76.7 Å². The van der Waals surface area contributed by atoms with Gasteiger partial charge in [0.25, 0.3) is 0 Å². The van der Waals surface area contributed by atoms with Crippen molar-refractivity contribution in [1.29, 1.82) is 0 Å². The Balaban J connectivity index is 2.06. The molecule has 2 aromatic carbocycles. The third-order valence-corrected chi connectivity index (χ3v) is 2.74. The van der Waals surface area contributed by atoms with E-state index >= 15 is 0 Å². The second-order valence-corrected chi connectivity index (χ2v) is 4.35. The van der Waals surface area contributed by atoms with Gasteiger partial charge in [-0.2, -0.15) is 0 Å². The predicted molar refractivity (Wildman–Crippen MR) is 78.5 cm³/mol. The quantitative estimate of drug-likeness (QED) is 0.897. The van der Waals surface area contributed by atoms with E-state index in [1.165, 1.54) is 6.07 Å². The van der Waals surface area contributed by atoms with Gasteiger partial charge in [0, 0.05) is 15.9 Å². The minimum atomic E-state index is -1.25. The Hall–Kier alpha value is -3.09. The summed E-state index contributed by atoms with van der Waals surface area (Å²) < 4.78 is 16.8. The van der Waals surface area contributed by atoms with E-state index in [2.05, 4.69) is 15.6 Å². The zero-order valence-corrected chi connectivity index (χ0v) is 11.6. The summed E-state index contributed by atoms with van der Waals surface area (Å²) in [5, 5.41) is 4.70. The molecule has 0 aliphatic heterocycles. The third-order valence-electron chi connectivity index (χ3n) is 2.74.